The number of hydrogen-bond acceptors (Lipinski definition) is 1. The van der Waals surface area contributed by atoms with Gasteiger partial charge in [0.15, 0.2) is 0 Å². The molecule has 15 heavy (non-hydrogen) atoms. The summed E-state index contributed by atoms with van der Waals surface area (Å²) in [5.74, 6) is 0.0801. The Kier molecular flexibility index (Phi) is 2.91. The summed E-state index contributed by atoms with van der Waals surface area (Å²) < 4.78 is 0. The van der Waals surface area contributed by atoms with E-state index in [2.05, 4.69) is 22.5 Å². The van der Waals surface area contributed by atoms with Gasteiger partial charge in [-0.05, 0) is 12.5 Å². The Labute approximate surface area is 97.7 Å². The van der Waals surface area contributed by atoms with Crippen molar-refractivity contribution in [2.45, 2.75) is 6.42 Å². The second-order valence-corrected chi connectivity index (χ2v) is 4.28. The van der Waals surface area contributed by atoms with Crippen LogP contribution in [0.1, 0.15) is 22.3 Å². The van der Waals surface area contributed by atoms with Crippen LogP contribution in [0.25, 0.3) is 5.70 Å². The molecule has 0 bridgehead atoms. The predicted molar refractivity (Wildman–Crippen MR) is 64.9 cm³/mol. The average molecular weight is 266 g/mol. The number of alkyl halides is 1. The molecule has 0 fully saturated rings. The van der Waals surface area contributed by atoms with E-state index in [-0.39, 0.29) is 5.91 Å². The first-order valence-electron chi connectivity index (χ1n) is 4.92. The smallest absolute Gasteiger partial charge is 0.258 e. The van der Waals surface area contributed by atoms with E-state index in [1.807, 2.05) is 24.3 Å². The van der Waals surface area contributed by atoms with Crippen molar-refractivity contribution in [3.63, 3.8) is 0 Å². The van der Waals surface area contributed by atoms with Gasteiger partial charge in [0.25, 0.3) is 5.91 Å². The van der Waals surface area contributed by atoms with Crippen LogP contribution in [0.5, 0.6) is 0 Å². The standard InChI is InChI=1S/C12H12BrNO/c1-9-10-5-2-3-6-11(10)12(15)14(9)8-4-7-13/h2-3,5-6H,1,4,7-8H2. The highest BCUT2D eigenvalue weighted by Crippen LogP contribution is 2.30. The van der Waals surface area contributed by atoms with E-state index in [1.54, 1.807) is 4.90 Å². The van der Waals surface area contributed by atoms with Crippen LogP contribution in [0.3, 0.4) is 0 Å². The fourth-order valence-corrected chi connectivity index (χ4v) is 2.04. The molecule has 2 nitrogen and oxygen atoms in total. The molecule has 1 aromatic rings. The van der Waals surface area contributed by atoms with Gasteiger partial charge in [-0.3, -0.25) is 4.79 Å². The molecule has 3 heteroatoms. The van der Waals surface area contributed by atoms with Crippen molar-refractivity contribution in [1.82, 2.24) is 4.90 Å². The van der Waals surface area contributed by atoms with Gasteiger partial charge in [-0.2, -0.15) is 0 Å². The maximum absolute atomic E-state index is 12.0. The molecule has 0 aliphatic carbocycles. The summed E-state index contributed by atoms with van der Waals surface area (Å²) in [6, 6.07) is 7.63. The molecule has 1 amide bonds. The molecule has 0 unspecified atom stereocenters. The summed E-state index contributed by atoms with van der Waals surface area (Å²) >= 11 is 3.36. The predicted octanol–water partition coefficient (Wildman–Crippen LogP) is 2.90. The second-order valence-electron chi connectivity index (χ2n) is 3.49. The van der Waals surface area contributed by atoms with Crippen LogP contribution in [0.15, 0.2) is 30.8 Å². The molecular formula is C12H12BrNO. The van der Waals surface area contributed by atoms with Crippen LogP contribution < -0.4 is 0 Å². The quantitative estimate of drug-likeness (QED) is 0.770. The van der Waals surface area contributed by atoms with E-state index in [0.29, 0.717) is 0 Å². The number of carbonyl (C=O) groups is 1. The highest BCUT2D eigenvalue weighted by atomic mass is 79.9. The summed E-state index contributed by atoms with van der Waals surface area (Å²) in [7, 11) is 0. The Balaban J connectivity index is 2.29. The molecule has 1 heterocycles. The molecule has 1 aliphatic rings. The average Bonchev–Trinajstić information content (AvgIpc) is 2.51. The minimum absolute atomic E-state index is 0.0801. The summed E-state index contributed by atoms with van der Waals surface area (Å²) in [6.07, 6.45) is 0.943. The Morgan fingerprint density at radius 2 is 1.93 bits per heavy atom. The molecule has 0 radical (unpaired) electrons. The number of amides is 1. The van der Waals surface area contributed by atoms with Crippen molar-refractivity contribution in [2.75, 3.05) is 11.9 Å². The zero-order valence-corrected chi connectivity index (χ0v) is 9.96. The minimum atomic E-state index is 0.0801. The Hall–Kier alpha value is -1.09. The first kappa shape index (κ1) is 10.4. The van der Waals surface area contributed by atoms with E-state index in [1.165, 1.54) is 0 Å². The second kappa shape index (κ2) is 4.19. The van der Waals surface area contributed by atoms with Crippen molar-refractivity contribution in [2.24, 2.45) is 0 Å². The number of halogens is 1. The van der Waals surface area contributed by atoms with Gasteiger partial charge < -0.3 is 4.90 Å². The van der Waals surface area contributed by atoms with E-state index in [0.717, 1.165) is 35.1 Å². The lowest BCUT2D eigenvalue weighted by Gasteiger charge is -2.16. The number of rotatable bonds is 3. The molecule has 78 valence electrons. The third kappa shape index (κ3) is 1.72. The third-order valence-electron chi connectivity index (χ3n) is 2.55. The van der Waals surface area contributed by atoms with E-state index < -0.39 is 0 Å². The molecule has 0 saturated carbocycles. The van der Waals surface area contributed by atoms with Gasteiger partial charge in [-0.1, -0.05) is 40.7 Å². The summed E-state index contributed by atoms with van der Waals surface area (Å²) in [5.41, 5.74) is 2.57. The van der Waals surface area contributed by atoms with Crippen molar-refractivity contribution in [1.29, 1.82) is 0 Å². The fourth-order valence-electron chi connectivity index (χ4n) is 1.79. The van der Waals surface area contributed by atoms with E-state index >= 15 is 0 Å². The zero-order chi connectivity index (χ0) is 10.8. The number of nitrogens with zero attached hydrogens (tertiary/aromatic N) is 1. The Morgan fingerprint density at radius 1 is 1.27 bits per heavy atom. The first-order valence-corrected chi connectivity index (χ1v) is 6.04. The van der Waals surface area contributed by atoms with Gasteiger partial charge in [0.1, 0.15) is 0 Å². The highest BCUT2D eigenvalue weighted by Gasteiger charge is 2.29. The third-order valence-corrected chi connectivity index (χ3v) is 3.12. The van der Waals surface area contributed by atoms with Gasteiger partial charge in [0.2, 0.25) is 0 Å². The molecule has 0 saturated heterocycles. The van der Waals surface area contributed by atoms with Crippen LogP contribution in [-0.2, 0) is 0 Å². The van der Waals surface area contributed by atoms with Crippen molar-refractivity contribution >= 4 is 27.5 Å². The topological polar surface area (TPSA) is 20.3 Å². The number of hydrogen-bond donors (Lipinski definition) is 0. The summed E-state index contributed by atoms with van der Waals surface area (Å²) in [4.78, 5) is 13.7. The van der Waals surface area contributed by atoms with Crippen LogP contribution in [0.4, 0.5) is 0 Å². The maximum atomic E-state index is 12.0. The Bertz CT molecular complexity index is 379. The normalized spacial score (nSPS) is 14.6. The van der Waals surface area contributed by atoms with Gasteiger partial charge in [0.05, 0.1) is 0 Å². The van der Waals surface area contributed by atoms with Gasteiger partial charge >= 0.3 is 0 Å². The number of fused-ring (bicyclic) bond motifs is 1. The van der Waals surface area contributed by atoms with Gasteiger partial charge in [-0.25, -0.2) is 0 Å². The van der Waals surface area contributed by atoms with Crippen LogP contribution >= 0.6 is 15.9 Å². The monoisotopic (exact) mass is 265 g/mol. The van der Waals surface area contributed by atoms with Crippen molar-refractivity contribution < 1.29 is 4.79 Å². The highest BCUT2D eigenvalue weighted by molar-refractivity contribution is 9.09. The lowest BCUT2D eigenvalue weighted by Crippen LogP contribution is -2.24. The molecule has 1 aromatic carbocycles. The molecule has 0 N–H and O–H groups in total. The molecular weight excluding hydrogens is 254 g/mol. The molecule has 2 rings (SSSR count). The van der Waals surface area contributed by atoms with Crippen LogP contribution in [-0.4, -0.2) is 22.7 Å². The Morgan fingerprint density at radius 3 is 2.53 bits per heavy atom. The molecule has 0 aromatic heterocycles. The van der Waals surface area contributed by atoms with Crippen molar-refractivity contribution in [3.05, 3.63) is 42.0 Å². The van der Waals surface area contributed by atoms with Crippen molar-refractivity contribution in [3.8, 4) is 0 Å². The first-order chi connectivity index (χ1) is 7.25. The summed E-state index contributed by atoms with van der Waals surface area (Å²) in [6.45, 7) is 4.70. The zero-order valence-electron chi connectivity index (χ0n) is 8.37. The number of carbonyl (C=O) groups excluding carboxylic acids is 1. The molecule has 0 spiro atoms. The minimum Gasteiger partial charge on any atom is -0.308 e. The number of benzene rings is 1. The van der Waals surface area contributed by atoms with Crippen LogP contribution in [0, 0.1) is 0 Å². The van der Waals surface area contributed by atoms with Gasteiger partial charge in [-0.15, -0.1) is 0 Å². The van der Waals surface area contributed by atoms with E-state index in [4.69, 9.17) is 0 Å². The lowest BCUT2D eigenvalue weighted by molar-refractivity contribution is 0.0851. The maximum Gasteiger partial charge on any atom is 0.258 e. The molecule has 1 aliphatic heterocycles. The lowest BCUT2D eigenvalue weighted by atomic mass is 10.1. The fraction of sp³-hybridized carbons (Fsp3) is 0.250. The van der Waals surface area contributed by atoms with E-state index in [9.17, 15) is 4.79 Å². The SMILES string of the molecule is C=C1c2ccccc2C(=O)N1CCCBr. The largest absolute Gasteiger partial charge is 0.308 e. The van der Waals surface area contributed by atoms with Gasteiger partial charge in [0, 0.05) is 28.7 Å². The summed E-state index contributed by atoms with van der Waals surface area (Å²) in [5, 5.41) is 0.903. The molecule has 0 atom stereocenters. The van der Waals surface area contributed by atoms with Crippen LogP contribution in [0.2, 0.25) is 0 Å².